The van der Waals surface area contributed by atoms with E-state index in [-0.39, 0.29) is 18.1 Å². The van der Waals surface area contributed by atoms with Crippen molar-refractivity contribution in [3.8, 4) is 17.2 Å². The summed E-state index contributed by atoms with van der Waals surface area (Å²) in [6, 6.07) is 9.04. The Bertz CT molecular complexity index is 768. The smallest absolute Gasteiger partial charge is 0.387 e. The summed E-state index contributed by atoms with van der Waals surface area (Å²) in [6.45, 7) is -2.01. The molecule has 25 heavy (non-hydrogen) atoms. The lowest BCUT2D eigenvalue weighted by Crippen LogP contribution is -2.17. The SMILES string of the molecule is O=C(Cc1ccc(OC(F)F)cc1)Nc1cc2c(cc1Cl)OCCO2. The Kier molecular flexibility index (Phi) is 5.23. The van der Waals surface area contributed by atoms with Gasteiger partial charge in [-0.3, -0.25) is 4.79 Å². The number of carbonyl (C=O) groups is 1. The number of fused-ring (bicyclic) bond motifs is 1. The fourth-order valence-electron chi connectivity index (χ4n) is 2.33. The van der Waals surface area contributed by atoms with Crippen molar-refractivity contribution < 1.29 is 27.8 Å². The van der Waals surface area contributed by atoms with Crippen molar-refractivity contribution >= 4 is 23.2 Å². The Labute approximate surface area is 147 Å². The van der Waals surface area contributed by atoms with Crippen LogP contribution in [0.2, 0.25) is 5.02 Å². The summed E-state index contributed by atoms with van der Waals surface area (Å²) < 4.78 is 39.4. The molecule has 132 valence electrons. The van der Waals surface area contributed by atoms with Crippen molar-refractivity contribution in [2.75, 3.05) is 18.5 Å². The van der Waals surface area contributed by atoms with Crippen LogP contribution in [-0.2, 0) is 11.2 Å². The number of nitrogens with one attached hydrogen (secondary N) is 1. The highest BCUT2D eigenvalue weighted by Gasteiger charge is 2.16. The fourth-order valence-corrected chi connectivity index (χ4v) is 2.53. The van der Waals surface area contributed by atoms with Crippen molar-refractivity contribution in [1.82, 2.24) is 0 Å². The second kappa shape index (κ2) is 7.57. The molecule has 0 saturated carbocycles. The van der Waals surface area contributed by atoms with Gasteiger partial charge < -0.3 is 19.5 Å². The Balaban J connectivity index is 1.64. The maximum atomic E-state index is 12.2. The molecular weight excluding hydrogens is 356 g/mol. The summed E-state index contributed by atoms with van der Waals surface area (Å²) in [5, 5.41) is 3.03. The highest BCUT2D eigenvalue weighted by molar-refractivity contribution is 6.34. The van der Waals surface area contributed by atoms with E-state index in [1.165, 1.54) is 12.1 Å². The van der Waals surface area contributed by atoms with Crippen LogP contribution in [0.25, 0.3) is 0 Å². The van der Waals surface area contributed by atoms with E-state index < -0.39 is 6.61 Å². The fraction of sp³-hybridized carbons (Fsp3) is 0.235. The van der Waals surface area contributed by atoms with E-state index >= 15 is 0 Å². The first kappa shape index (κ1) is 17.3. The standard InChI is InChI=1S/C17H14ClF2NO4/c18-12-8-14-15(24-6-5-23-14)9-13(12)21-16(22)7-10-1-3-11(4-2-10)25-17(19)20/h1-4,8-9,17H,5-7H2,(H,21,22). The van der Waals surface area contributed by atoms with Gasteiger partial charge in [0.25, 0.3) is 0 Å². The third-order valence-electron chi connectivity index (χ3n) is 3.42. The number of rotatable bonds is 5. The summed E-state index contributed by atoms with van der Waals surface area (Å²) in [5.41, 5.74) is 1.06. The van der Waals surface area contributed by atoms with E-state index in [1.807, 2.05) is 0 Å². The molecule has 0 saturated heterocycles. The van der Waals surface area contributed by atoms with E-state index in [9.17, 15) is 13.6 Å². The summed E-state index contributed by atoms with van der Waals surface area (Å²) in [6.07, 6.45) is 0.0553. The van der Waals surface area contributed by atoms with Crippen LogP contribution in [0.4, 0.5) is 14.5 Å². The van der Waals surface area contributed by atoms with E-state index in [2.05, 4.69) is 10.1 Å². The first-order chi connectivity index (χ1) is 12.0. The molecule has 1 aliphatic heterocycles. The number of ether oxygens (including phenoxy) is 3. The van der Waals surface area contributed by atoms with Crippen molar-refractivity contribution in [3.05, 3.63) is 47.0 Å². The summed E-state index contributed by atoms with van der Waals surface area (Å²) in [5.74, 6) is 0.776. The first-order valence-corrected chi connectivity index (χ1v) is 7.82. The van der Waals surface area contributed by atoms with Crippen LogP contribution < -0.4 is 19.5 Å². The number of hydrogen-bond acceptors (Lipinski definition) is 4. The minimum atomic E-state index is -2.88. The second-order valence-electron chi connectivity index (χ2n) is 5.22. The van der Waals surface area contributed by atoms with E-state index in [0.717, 1.165) is 0 Å². The van der Waals surface area contributed by atoms with Crippen LogP contribution in [0.1, 0.15) is 5.56 Å². The molecule has 0 spiro atoms. The van der Waals surface area contributed by atoms with Gasteiger partial charge in [0, 0.05) is 12.1 Å². The molecule has 1 heterocycles. The lowest BCUT2D eigenvalue weighted by atomic mass is 10.1. The molecule has 5 nitrogen and oxygen atoms in total. The van der Waals surface area contributed by atoms with Gasteiger partial charge in [-0.05, 0) is 17.7 Å². The molecule has 0 unspecified atom stereocenters. The van der Waals surface area contributed by atoms with Gasteiger partial charge in [0.05, 0.1) is 17.1 Å². The third-order valence-corrected chi connectivity index (χ3v) is 3.73. The van der Waals surface area contributed by atoms with Gasteiger partial charge in [0.15, 0.2) is 11.5 Å². The average molecular weight is 370 g/mol. The normalized spacial score (nSPS) is 12.8. The maximum Gasteiger partial charge on any atom is 0.387 e. The van der Waals surface area contributed by atoms with Crippen molar-refractivity contribution in [2.24, 2.45) is 0 Å². The van der Waals surface area contributed by atoms with Gasteiger partial charge >= 0.3 is 6.61 Å². The summed E-state index contributed by atoms with van der Waals surface area (Å²) in [4.78, 5) is 12.2. The van der Waals surface area contributed by atoms with Crippen LogP contribution in [-0.4, -0.2) is 25.7 Å². The predicted octanol–water partition coefficient (Wildman–Crippen LogP) is 3.89. The van der Waals surface area contributed by atoms with Gasteiger partial charge in [0.1, 0.15) is 19.0 Å². The molecular formula is C17H14ClF2NO4. The number of alkyl halides is 2. The molecule has 8 heteroatoms. The zero-order valence-corrected chi connectivity index (χ0v) is 13.7. The van der Waals surface area contributed by atoms with E-state index in [4.69, 9.17) is 21.1 Å². The number of halogens is 3. The quantitative estimate of drug-likeness (QED) is 0.868. The first-order valence-electron chi connectivity index (χ1n) is 7.44. The molecule has 3 rings (SSSR count). The molecule has 0 aromatic heterocycles. The maximum absolute atomic E-state index is 12.2. The van der Waals surface area contributed by atoms with Crippen molar-refractivity contribution in [3.63, 3.8) is 0 Å². The molecule has 0 fully saturated rings. The van der Waals surface area contributed by atoms with Crippen LogP contribution >= 0.6 is 11.6 Å². The predicted molar refractivity (Wildman–Crippen MR) is 87.8 cm³/mol. The van der Waals surface area contributed by atoms with Gasteiger partial charge in [-0.15, -0.1) is 0 Å². The van der Waals surface area contributed by atoms with E-state index in [0.29, 0.717) is 41.0 Å². The van der Waals surface area contributed by atoms with Gasteiger partial charge in [-0.2, -0.15) is 8.78 Å². The van der Waals surface area contributed by atoms with Crippen LogP contribution in [0, 0.1) is 0 Å². The van der Waals surface area contributed by atoms with Gasteiger partial charge in [-0.25, -0.2) is 0 Å². The molecule has 2 aromatic rings. The van der Waals surface area contributed by atoms with E-state index in [1.54, 1.807) is 24.3 Å². The molecule has 1 aliphatic rings. The Morgan fingerprint density at radius 2 is 1.80 bits per heavy atom. The minimum Gasteiger partial charge on any atom is -0.486 e. The number of carbonyl (C=O) groups excluding carboxylic acids is 1. The largest absolute Gasteiger partial charge is 0.486 e. The highest BCUT2D eigenvalue weighted by Crippen LogP contribution is 2.38. The van der Waals surface area contributed by atoms with Gasteiger partial charge in [-0.1, -0.05) is 23.7 Å². The zero-order chi connectivity index (χ0) is 17.8. The molecule has 0 atom stereocenters. The number of anilines is 1. The molecule has 1 amide bonds. The van der Waals surface area contributed by atoms with Crippen molar-refractivity contribution in [1.29, 1.82) is 0 Å². The third kappa shape index (κ3) is 4.51. The molecule has 2 aromatic carbocycles. The molecule has 0 radical (unpaired) electrons. The van der Waals surface area contributed by atoms with Crippen LogP contribution in [0.5, 0.6) is 17.2 Å². The average Bonchev–Trinajstić information content (AvgIpc) is 2.57. The minimum absolute atomic E-state index is 0.0361. The molecule has 1 N–H and O–H groups in total. The Morgan fingerprint density at radius 3 is 2.44 bits per heavy atom. The highest BCUT2D eigenvalue weighted by atomic mass is 35.5. The number of hydrogen-bond donors (Lipinski definition) is 1. The van der Waals surface area contributed by atoms with Crippen LogP contribution in [0.15, 0.2) is 36.4 Å². The number of benzene rings is 2. The summed E-state index contributed by atoms with van der Waals surface area (Å²) >= 11 is 6.14. The lowest BCUT2D eigenvalue weighted by Gasteiger charge is -2.20. The monoisotopic (exact) mass is 369 g/mol. The molecule has 0 aliphatic carbocycles. The Morgan fingerprint density at radius 1 is 1.16 bits per heavy atom. The second-order valence-corrected chi connectivity index (χ2v) is 5.63. The number of amides is 1. The topological polar surface area (TPSA) is 56.8 Å². The Hall–Kier alpha value is -2.54. The molecule has 0 bridgehead atoms. The summed E-state index contributed by atoms with van der Waals surface area (Å²) in [7, 11) is 0. The van der Waals surface area contributed by atoms with Gasteiger partial charge in [0.2, 0.25) is 5.91 Å². The zero-order valence-electron chi connectivity index (χ0n) is 12.9. The van der Waals surface area contributed by atoms with Crippen LogP contribution in [0.3, 0.4) is 0 Å². The van der Waals surface area contributed by atoms with Crippen molar-refractivity contribution in [2.45, 2.75) is 13.0 Å². The lowest BCUT2D eigenvalue weighted by molar-refractivity contribution is -0.115.